The van der Waals surface area contributed by atoms with Gasteiger partial charge >= 0.3 is 0 Å². The van der Waals surface area contributed by atoms with Crippen LogP contribution in [0, 0.1) is 6.92 Å². The summed E-state index contributed by atoms with van der Waals surface area (Å²) in [6, 6.07) is 0. The first kappa shape index (κ1) is 16.7. The highest BCUT2D eigenvalue weighted by molar-refractivity contribution is 5.58. The molecule has 5 nitrogen and oxygen atoms in total. The van der Waals surface area contributed by atoms with E-state index in [0.29, 0.717) is 0 Å². The van der Waals surface area contributed by atoms with Crippen LogP contribution in [0.2, 0.25) is 0 Å². The molecule has 0 radical (unpaired) electrons. The second-order valence-electron chi connectivity index (χ2n) is 5.44. The quantitative estimate of drug-likeness (QED) is 0.790. The van der Waals surface area contributed by atoms with Crippen LogP contribution < -0.4 is 10.2 Å². The van der Waals surface area contributed by atoms with Gasteiger partial charge in [-0.2, -0.15) is 0 Å². The number of hydrogen-bond acceptors (Lipinski definition) is 5. The van der Waals surface area contributed by atoms with Crippen molar-refractivity contribution >= 4 is 11.6 Å². The number of likely N-dealkylation sites (N-methyl/N-ethyl adjacent to an activating group) is 2. The monoisotopic (exact) mass is 279 g/mol. The van der Waals surface area contributed by atoms with E-state index in [1.165, 1.54) is 0 Å². The summed E-state index contributed by atoms with van der Waals surface area (Å²) >= 11 is 0. The van der Waals surface area contributed by atoms with Crippen molar-refractivity contribution in [3.8, 4) is 0 Å². The summed E-state index contributed by atoms with van der Waals surface area (Å²) in [5, 5.41) is 3.35. The highest BCUT2D eigenvalue weighted by Crippen LogP contribution is 2.23. The van der Waals surface area contributed by atoms with Crippen LogP contribution >= 0.6 is 0 Å². The molecule has 0 fully saturated rings. The lowest BCUT2D eigenvalue weighted by Gasteiger charge is -2.24. The predicted molar refractivity (Wildman–Crippen MR) is 86.8 cm³/mol. The molecule has 1 heterocycles. The number of aryl methyl sites for hydroxylation is 1. The molecule has 0 amide bonds. The second-order valence-corrected chi connectivity index (χ2v) is 5.44. The fourth-order valence-corrected chi connectivity index (χ4v) is 2.05. The summed E-state index contributed by atoms with van der Waals surface area (Å²) in [7, 11) is 6.28. The molecule has 0 unspecified atom stereocenters. The van der Waals surface area contributed by atoms with Gasteiger partial charge in [-0.1, -0.05) is 6.92 Å². The molecule has 0 aromatic carbocycles. The third kappa shape index (κ3) is 4.63. The van der Waals surface area contributed by atoms with E-state index >= 15 is 0 Å². The Balaban J connectivity index is 3.02. The summed E-state index contributed by atoms with van der Waals surface area (Å²) in [5.74, 6) is 2.94. The van der Waals surface area contributed by atoms with Gasteiger partial charge in [-0.25, -0.2) is 9.97 Å². The van der Waals surface area contributed by atoms with Crippen molar-refractivity contribution in [2.24, 2.45) is 0 Å². The zero-order chi connectivity index (χ0) is 15.1. The zero-order valence-electron chi connectivity index (χ0n) is 13.8. The highest BCUT2D eigenvalue weighted by Gasteiger charge is 2.13. The van der Waals surface area contributed by atoms with Crippen LogP contribution in [0.1, 0.15) is 31.7 Å². The van der Waals surface area contributed by atoms with E-state index in [-0.39, 0.29) is 0 Å². The topological polar surface area (TPSA) is 44.3 Å². The van der Waals surface area contributed by atoms with Crippen molar-refractivity contribution in [1.29, 1.82) is 0 Å². The molecule has 5 heteroatoms. The van der Waals surface area contributed by atoms with E-state index in [0.717, 1.165) is 55.5 Å². The van der Waals surface area contributed by atoms with Crippen LogP contribution in [-0.4, -0.2) is 55.6 Å². The van der Waals surface area contributed by atoms with E-state index in [1.54, 1.807) is 0 Å². The van der Waals surface area contributed by atoms with E-state index in [9.17, 15) is 0 Å². The third-order valence-corrected chi connectivity index (χ3v) is 3.23. The van der Waals surface area contributed by atoms with Gasteiger partial charge in [-0.15, -0.1) is 0 Å². The molecule has 0 aliphatic rings. The second kappa shape index (κ2) is 8.04. The first-order chi connectivity index (χ1) is 9.49. The molecular formula is C15H29N5. The fraction of sp³-hybridized carbons (Fsp3) is 0.733. The van der Waals surface area contributed by atoms with E-state index in [2.05, 4.69) is 62.0 Å². The van der Waals surface area contributed by atoms with Crippen molar-refractivity contribution < 1.29 is 0 Å². The van der Waals surface area contributed by atoms with Crippen LogP contribution in [0.4, 0.5) is 11.6 Å². The zero-order valence-corrected chi connectivity index (χ0v) is 13.8. The number of nitrogens with one attached hydrogen (secondary N) is 1. The lowest BCUT2D eigenvalue weighted by atomic mass is 10.2. The van der Waals surface area contributed by atoms with Crippen molar-refractivity contribution in [2.75, 3.05) is 51.0 Å². The lowest BCUT2D eigenvalue weighted by Crippen LogP contribution is -2.30. The average Bonchev–Trinajstić information content (AvgIpc) is 2.40. The van der Waals surface area contributed by atoms with Crippen LogP contribution in [0.5, 0.6) is 0 Å². The van der Waals surface area contributed by atoms with Crippen molar-refractivity contribution in [2.45, 2.75) is 33.6 Å². The summed E-state index contributed by atoms with van der Waals surface area (Å²) in [6.07, 6.45) is 1.99. The lowest BCUT2D eigenvalue weighted by molar-refractivity contribution is 0.416. The summed E-state index contributed by atoms with van der Waals surface area (Å²) in [6.45, 7) is 9.20. The number of hydrogen-bond donors (Lipinski definition) is 1. The molecule has 1 aromatic rings. The molecule has 0 spiro atoms. The Hall–Kier alpha value is -1.36. The van der Waals surface area contributed by atoms with Gasteiger partial charge in [0.1, 0.15) is 17.5 Å². The molecule has 0 saturated heterocycles. The maximum absolute atomic E-state index is 4.74. The molecule has 0 aliphatic heterocycles. The minimum atomic E-state index is 0.879. The molecule has 20 heavy (non-hydrogen) atoms. The standard InChI is InChI=1S/C15H29N5/c1-7-9-13-17-14(16-8-2)12(3)15(18-13)20(6)11-10-19(4)5/h7-11H2,1-6H3,(H,16,17,18). The number of anilines is 2. The Morgan fingerprint density at radius 2 is 1.75 bits per heavy atom. The summed E-state index contributed by atoms with van der Waals surface area (Å²) in [5.41, 5.74) is 1.13. The van der Waals surface area contributed by atoms with Crippen molar-refractivity contribution in [3.63, 3.8) is 0 Å². The van der Waals surface area contributed by atoms with Gasteiger partial charge < -0.3 is 15.1 Å². The van der Waals surface area contributed by atoms with E-state index in [4.69, 9.17) is 4.98 Å². The predicted octanol–water partition coefficient (Wildman–Crippen LogP) is 2.17. The first-order valence-electron chi connectivity index (χ1n) is 7.46. The van der Waals surface area contributed by atoms with E-state index in [1.807, 2.05) is 0 Å². The highest BCUT2D eigenvalue weighted by atomic mass is 15.2. The molecule has 0 atom stereocenters. The molecule has 0 bridgehead atoms. The Bertz CT molecular complexity index is 417. The minimum absolute atomic E-state index is 0.879. The Morgan fingerprint density at radius 3 is 2.30 bits per heavy atom. The van der Waals surface area contributed by atoms with Gasteiger partial charge in [0.05, 0.1) is 0 Å². The number of aromatic nitrogens is 2. The molecule has 0 aliphatic carbocycles. The summed E-state index contributed by atoms with van der Waals surface area (Å²) < 4.78 is 0. The first-order valence-corrected chi connectivity index (χ1v) is 7.46. The number of nitrogens with zero attached hydrogens (tertiary/aromatic N) is 4. The maximum atomic E-state index is 4.74. The van der Waals surface area contributed by atoms with Gasteiger partial charge in [-0.05, 0) is 34.4 Å². The molecular weight excluding hydrogens is 250 g/mol. The molecule has 114 valence electrons. The van der Waals surface area contributed by atoms with Crippen LogP contribution in [0.25, 0.3) is 0 Å². The van der Waals surface area contributed by atoms with Crippen LogP contribution in [0.3, 0.4) is 0 Å². The smallest absolute Gasteiger partial charge is 0.137 e. The normalized spacial score (nSPS) is 10.9. The van der Waals surface area contributed by atoms with Gasteiger partial charge in [0.25, 0.3) is 0 Å². The van der Waals surface area contributed by atoms with Gasteiger partial charge in [-0.3, -0.25) is 0 Å². The van der Waals surface area contributed by atoms with Gasteiger partial charge in [0.15, 0.2) is 0 Å². The Labute approximate surface area is 123 Å². The summed E-state index contributed by atoms with van der Waals surface area (Å²) in [4.78, 5) is 13.8. The van der Waals surface area contributed by atoms with E-state index < -0.39 is 0 Å². The fourth-order valence-electron chi connectivity index (χ4n) is 2.05. The largest absolute Gasteiger partial charge is 0.370 e. The van der Waals surface area contributed by atoms with Crippen LogP contribution in [-0.2, 0) is 6.42 Å². The van der Waals surface area contributed by atoms with Crippen molar-refractivity contribution in [3.05, 3.63) is 11.4 Å². The Morgan fingerprint density at radius 1 is 1.05 bits per heavy atom. The minimum Gasteiger partial charge on any atom is -0.370 e. The molecule has 1 aromatic heterocycles. The van der Waals surface area contributed by atoms with Crippen molar-refractivity contribution in [1.82, 2.24) is 14.9 Å². The molecule has 1 rings (SSSR count). The van der Waals surface area contributed by atoms with Gasteiger partial charge in [0.2, 0.25) is 0 Å². The van der Waals surface area contributed by atoms with Gasteiger partial charge in [0, 0.05) is 38.7 Å². The molecule has 0 saturated carbocycles. The SMILES string of the molecule is CCCc1nc(NCC)c(C)c(N(C)CCN(C)C)n1. The van der Waals surface area contributed by atoms with Crippen LogP contribution in [0.15, 0.2) is 0 Å². The average molecular weight is 279 g/mol. The third-order valence-electron chi connectivity index (χ3n) is 3.23. The maximum Gasteiger partial charge on any atom is 0.137 e. The number of rotatable bonds is 8. The molecule has 1 N–H and O–H groups in total. The Kier molecular flexibility index (Phi) is 6.71.